The van der Waals surface area contributed by atoms with Crippen LogP contribution in [0.5, 0.6) is 0 Å². The molecule has 5 nitrogen and oxygen atoms in total. The zero-order valence-electron chi connectivity index (χ0n) is 13.7. The molecule has 0 aliphatic rings. The maximum Gasteiger partial charge on any atom is 0.319 e. The summed E-state index contributed by atoms with van der Waals surface area (Å²) >= 11 is 0. The zero-order valence-corrected chi connectivity index (χ0v) is 13.7. The van der Waals surface area contributed by atoms with E-state index < -0.39 is 5.82 Å². The second kappa shape index (κ2) is 7.53. The van der Waals surface area contributed by atoms with Crippen molar-refractivity contribution in [1.82, 2.24) is 15.3 Å². The number of hydrogen-bond acceptors (Lipinski definition) is 3. The van der Waals surface area contributed by atoms with Gasteiger partial charge in [0.05, 0.1) is 6.20 Å². The van der Waals surface area contributed by atoms with Gasteiger partial charge in [0, 0.05) is 36.4 Å². The number of nitrogens with zero attached hydrogens (tertiary/aromatic N) is 2. The fourth-order valence-corrected chi connectivity index (χ4v) is 2.36. The van der Waals surface area contributed by atoms with Crippen molar-refractivity contribution in [2.45, 2.75) is 13.5 Å². The molecule has 0 saturated heterocycles. The van der Waals surface area contributed by atoms with E-state index in [9.17, 15) is 9.18 Å². The molecular formula is C19H17FN4O. The summed E-state index contributed by atoms with van der Waals surface area (Å²) in [5, 5.41) is 5.60. The van der Waals surface area contributed by atoms with Gasteiger partial charge in [-0.2, -0.15) is 0 Å². The van der Waals surface area contributed by atoms with E-state index in [1.54, 1.807) is 24.7 Å². The van der Waals surface area contributed by atoms with Crippen LogP contribution in [-0.4, -0.2) is 16.0 Å². The molecule has 0 fully saturated rings. The van der Waals surface area contributed by atoms with Crippen LogP contribution in [0.1, 0.15) is 11.1 Å². The van der Waals surface area contributed by atoms with Gasteiger partial charge in [-0.1, -0.05) is 18.2 Å². The SMILES string of the molecule is Cc1ccc(-c2cncc(F)c2)cc1NC(=O)NCc1cccnc1. The molecule has 2 amide bonds. The normalized spacial score (nSPS) is 10.3. The van der Waals surface area contributed by atoms with E-state index in [0.717, 1.165) is 22.9 Å². The van der Waals surface area contributed by atoms with Gasteiger partial charge < -0.3 is 10.6 Å². The summed E-state index contributed by atoms with van der Waals surface area (Å²) in [5.74, 6) is -0.401. The van der Waals surface area contributed by atoms with Gasteiger partial charge in [0.15, 0.2) is 0 Å². The number of hydrogen-bond donors (Lipinski definition) is 2. The third-order valence-corrected chi connectivity index (χ3v) is 3.70. The fourth-order valence-electron chi connectivity index (χ4n) is 2.36. The third kappa shape index (κ3) is 4.38. The summed E-state index contributed by atoms with van der Waals surface area (Å²) in [6.45, 7) is 2.27. The Balaban J connectivity index is 1.71. The highest BCUT2D eigenvalue weighted by Gasteiger charge is 2.07. The van der Waals surface area contributed by atoms with Crippen LogP contribution >= 0.6 is 0 Å². The predicted molar refractivity (Wildman–Crippen MR) is 94.5 cm³/mol. The summed E-state index contributed by atoms with van der Waals surface area (Å²) in [7, 11) is 0. The van der Waals surface area contributed by atoms with Gasteiger partial charge in [0.25, 0.3) is 0 Å². The monoisotopic (exact) mass is 336 g/mol. The van der Waals surface area contributed by atoms with Crippen molar-refractivity contribution in [1.29, 1.82) is 0 Å². The van der Waals surface area contributed by atoms with Crippen molar-refractivity contribution in [2.24, 2.45) is 0 Å². The second-order valence-electron chi connectivity index (χ2n) is 5.59. The molecule has 25 heavy (non-hydrogen) atoms. The molecule has 0 bridgehead atoms. The molecule has 2 N–H and O–H groups in total. The van der Waals surface area contributed by atoms with Crippen LogP contribution in [0.4, 0.5) is 14.9 Å². The molecule has 0 radical (unpaired) electrons. The van der Waals surface area contributed by atoms with E-state index in [1.807, 2.05) is 31.2 Å². The topological polar surface area (TPSA) is 66.9 Å². The summed E-state index contributed by atoms with van der Waals surface area (Å²) in [4.78, 5) is 20.0. The van der Waals surface area contributed by atoms with Crippen molar-refractivity contribution in [2.75, 3.05) is 5.32 Å². The van der Waals surface area contributed by atoms with E-state index in [4.69, 9.17) is 0 Å². The van der Waals surface area contributed by atoms with Gasteiger partial charge >= 0.3 is 6.03 Å². The average Bonchev–Trinajstić information content (AvgIpc) is 2.63. The average molecular weight is 336 g/mol. The number of pyridine rings is 2. The Kier molecular flexibility index (Phi) is 4.99. The summed E-state index contributed by atoms with van der Waals surface area (Å²) in [6.07, 6.45) is 6.12. The van der Waals surface area contributed by atoms with Crippen LogP contribution in [0.3, 0.4) is 0 Å². The number of urea groups is 1. The number of nitrogens with one attached hydrogen (secondary N) is 2. The number of aryl methyl sites for hydroxylation is 1. The summed E-state index contributed by atoms with van der Waals surface area (Å²) < 4.78 is 13.4. The standard InChI is InChI=1S/C19H17FN4O/c1-13-4-5-15(16-7-17(20)12-22-11-16)8-18(13)24-19(25)23-10-14-3-2-6-21-9-14/h2-9,11-12H,10H2,1H3,(H2,23,24,25). The van der Waals surface area contributed by atoms with Gasteiger partial charge in [0.1, 0.15) is 5.82 Å². The zero-order chi connectivity index (χ0) is 17.6. The minimum absolute atomic E-state index is 0.318. The number of aromatic nitrogens is 2. The van der Waals surface area contributed by atoms with Crippen molar-refractivity contribution < 1.29 is 9.18 Å². The Labute approximate surface area is 145 Å². The second-order valence-corrected chi connectivity index (χ2v) is 5.59. The fraction of sp³-hybridized carbons (Fsp3) is 0.105. The van der Waals surface area contributed by atoms with Gasteiger partial charge in [-0.3, -0.25) is 9.97 Å². The van der Waals surface area contributed by atoms with E-state index in [0.29, 0.717) is 17.8 Å². The summed E-state index contributed by atoms with van der Waals surface area (Å²) in [6, 6.07) is 10.3. The lowest BCUT2D eigenvalue weighted by atomic mass is 10.0. The van der Waals surface area contributed by atoms with Gasteiger partial charge in [-0.25, -0.2) is 9.18 Å². The van der Waals surface area contributed by atoms with Gasteiger partial charge in [-0.15, -0.1) is 0 Å². The Morgan fingerprint density at radius 2 is 1.96 bits per heavy atom. The Morgan fingerprint density at radius 3 is 2.72 bits per heavy atom. The minimum Gasteiger partial charge on any atom is -0.334 e. The van der Waals surface area contributed by atoms with Crippen molar-refractivity contribution in [3.8, 4) is 11.1 Å². The lowest BCUT2D eigenvalue weighted by Crippen LogP contribution is -2.28. The molecule has 0 aliphatic carbocycles. The maximum atomic E-state index is 13.4. The first-order valence-electron chi connectivity index (χ1n) is 7.77. The molecule has 0 atom stereocenters. The number of anilines is 1. The van der Waals surface area contributed by atoms with Crippen LogP contribution in [0.15, 0.2) is 61.2 Å². The molecule has 2 heterocycles. The molecule has 3 rings (SSSR count). The predicted octanol–water partition coefficient (Wildman–Crippen LogP) is 3.91. The van der Waals surface area contributed by atoms with Crippen molar-refractivity contribution in [3.05, 3.63) is 78.1 Å². The van der Waals surface area contributed by atoms with E-state index in [2.05, 4.69) is 20.6 Å². The van der Waals surface area contributed by atoms with Gasteiger partial charge in [0.2, 0.25) is 0 Å². The maximum absolute atomic E-state index is 13.4. The number of rotatable bonds is 4. The van der Waals surface area contributed by atoms with Crippen molar-refractivity contribution >= 4 is 11.7 Å². The number of benzene rings is 1. The van der Waals surface area contributed by atoms with Gasteiger partial charge in [-0.05, 0) is 41.8 Å². The largest absolute Gasteiger partial charge is 0.334 e. The molecule has 0 aliphatic heterocycles. The molecule has 3 aromatic rings. The number of amides is 2. The van der Waals surface area contributed by atoms with E-state index in [-0.39, 0.29) is 6.03 Å². The van der Waals surface area contributed by atoms with E-state index in [1.165, 1.54) is 6.07 Å². The number of carbonyl (C=O) groups is 1. The quantitative estimate of drug-likeness (QED) is 0.759. The molecule has 0 saturated carbocycles. The lowest BCUT2D eigenvalue weighted by molar-refractivity contribution is 0.251. The Hall–Kier alpha value is -3.28. The molecule has 0 spiro atoms. The smallest absolute Gasteiger partial charge is 0.319 e. The molecular weight excluding hydrogens is 319 g/mol. The molecule has 6 heteroatoms. The highest BCUT2D eigenvalue weighted by Crippen LogP contribution is 2.25. The van der Waals surface area contributed by atoms with E-state index >= 15 is 0 Å². The minimum atomic E-state index is -0.401. The molecule has 2 aromatic heterocycles. The first kappa shape index (κ1) is 16.6. The highest BCUT2D eigenvalue weighted by atomic mass is 19.1. The van der Waals surface area contributed by atoms with Crippen LogP contribution in [-0.2, 0) is 6.54 Å². The van der Waals surface area contributed by atoms with Crippen molar-refractivity contribution in [3.63, 3.8) is 0 Å². The number of carbonyl (C=O) groups excluding carboxylic acids is 1. The number of halogens is 1. The summed E-state index contributed by atoms with van der Waals surface area (Å²) in [5.41, 5.74) is 3.91. The van der Waals surface area contributed by atoms with Crippen LogP contribution in [0.25, 0.3) is 11.1 Å². The first-order chi connectivity index (χ1) is 12.1. The van der Waals surface area contributed by atoms with Crippen LogP contribution < -0.4 is 10.6 Å². The molecule has 126 valence electrons. The third-order valence-electron chi connectivity index (χ3n) is 3.70. The van der Waals surface area contributed by atoms with Crippen LogP contribution in [0, 0.1) is 12.7 Å². The first-order valence-corrected chi connectivity index (χ1v) is 7.77. The van der Waals surface area contributed by atoms with Crippen LogP contribution in [0.2, 0.25) is 0 Å². The molecule has 0 unspecified atom stereocenters. The highest BCUT2D eigenvalue weighted by molar-refractivity contribution is 5.91. The molecule has 1 aromatic carbocycles. The Morgan fingerprint density at radius 1 is 1.08 bits per heavy atom. The Bertz CT molecular complexity index is 884. The lowest BCUT2D eigenvalue weighted by Gasteiger charge is -2.12.